The molecule has 1 unspecified atom stereocenters. The maximum absolute atomic E-state index is 14.3. The first kappa shape index (κ1) is 16.2. The molecule has 0 aliphatic carbocycles. The quantitative estimate of drug-likeness (QED) is 0.779. The van der Waals surface area contributed by atoms with Gasteiger partial charge in [0.25, 0.3) is 0 Å². The second-order valence-corrected chi connectivity index (χ2v) is 5.79. The molecule has 116 valence electrons. The molecule has 0 amide bonds. The summed E-state index contributed by atoms with van der Waals surface area (Å²) in [6, 6.07) is 5.51. The van der Waals surface area contributed by atoms with Gasteiger partial charge in [0.2, 0.25) is 0 Å². The molecule has 1 aliphatic rings. The first-order chi connectivity index (χ1) is 10.1. The summed E-state index contributed by atoms with van der Waals surface area (Å²) in [6.45, 7) is 6.93. The maximum Gasteiger partial charge on any atom is 0.137 e. The van der Waals surface area contributed by atoms with E-state index in [0.717, 1.165) is 31.2 Å². The van der Waals surface area contributed by atoms with Crippen LogP contribution in [0.3, 0.4) is 0 Å². The van der Waals surface area contributed by atoms with E-state index in [2.05, 4.69) is 25.2 Å². The van der Waals surface area contributed by atoms with Crippen LogP contribution < -0.4 is 5.32 Å². The molecule has 1 aromatic rings. The Balaban J connectivity index is 2.08. The number of halogens is 1. The monoisotopic (exact) mass is 291 g/mol. The fourth-order valence-corrected chi connectivity index (χ4v) is 2.79. The molecule has 1 saturated heterocycles. The van der Waals surface area contributed by atoms with Crippen molar-refractivity contribution in [2.24, 2.45) is 0 Å². The van der Waals surface area contributed by atoms with E-state index in [4.69, 9.17) is 4.74 Å². The molecule has 1 fully saturated rings. The van der Waals surface area contributed by atoms with Crippen molar-refractivity contribution in [3.8, 4) is 0 Å². The van der Waals surface area contributed by atoms with Crippen molar-refractivity contribution in [1.29, 1.82) is 0 Å². The number of aryl methyl sites for hydroxylation is 1. The number of ether oxygens (including phenoxy) is 1. The SMILES string of the molecule is C/C=C/CCc1ccc(C2NC(CC)(CC)CO2)c(F)c1. The number of nitrogens with one attached hydrogen (secondary N) is 1. The van der Waals surface area contributed by atoms with E-state index in [9.17, 15) is 4.39 Å². The molecule has 2 rings (SSSR count). The van der Waals surface area contributed by atoms with Crippen LogP contribution in [0.15, 0.2) is 30.4 Å². The molecule has 0 saturated carbocycles. The van der Waals surface area contributed by atoms with Gasteiger partial charge in [-0.15, -0.1) is 0 Å². The fraction of sp³-hybridized carbons (Fsp3) is 0.556. The predicted octanol–water partition coefficient (Wildman–Crippen LogP) is 4.51. The van der Waals surface area contributed by atoms with Gasteiger partial charge in [-0.05, 0) is 44.2 Å². The van der Waals surface area contributed by atoms with Crippen LogP contribution in [-0.4, -0.2) is 12.1 Å². The van der Waals surface area contributed by atoms with Gasteiger partial charge in [0.1, 0.15) is 12.0 Å². The highest BCUT2D eigenvalue weighted by molar-refractivity contribution is 5.27. The van der Waals surface area contributed by atoms with Gasteiger partial charge in [-0.3, -0.25) is 5.32 Å². The summed E-state index contributed by atoms with van der Waals surface area (Å²) in [4.78, 5) is 0. The van der Waals surface area contributed by atoms with Crippen LogP contribution in [0.5, 0.6) is 0 Å². The van der Waals surface area contributed by atoms with Gasteiger partial charge in [-0.2, -0.15) is 0 Å². The zero-order valence-electron chi connectivity index (χ0n) is 13.3. The molecule has 1 aromatic carbocycles. The van der Waals surface area contributed by atoms with Gasteiger partial charge >= 0.3 is 0 Å². The maximum atomic E-state index is 14.3. The van der Waals surface area contributed by atoms with Gasteiger partial charge < -0.3 is 4.74 Å². The third-order valence-corrected chi connectivity index (χ3v) is 4.50. The predicted molar refractivity (Wildman–Crippen MR) is 84.7 cm³/mol. The van der Waals surface area contributed by atoms with Crippen LogP contribution in [0.1, 0.15) is 57.4 Å². The van der Waals surface area contributed by atoms with Crippen molar-refractivity contribution < 1.29 is 9.13 Å². The van der Waals surface area contributed by atoms with Crippen molar-refractivity contribution in [1.82, 2.24) is 5.32 Å². The second-order valence-electron chi connectivity index (χ2n) is 5.79. The second kappa shape index (κ2) is 7.19. The van der Waals surface area contributed by atoms with Crippen LogP contribution in [0.4, 0.5) is 4.39 Å². The number of benzene rings is 1. The average Bonchev–Trinajstić information content (AvgIpc) is 2.93. The van der Waals surface area contributed by atoms with Gasteiger partial charge in [0.05, 0.1) is 6.61 Å². The van der Waals surface area contributed by atoms with E-state index >= 15 is 0 Å². The van der Waals surface area contributed by atoms with Crippen LogP contribution >= 0.6 is 0 Å². The molecule has 2 nitrogen and oxygen atoms in total. The molecular weight excluding hydrogens is 265 g/mol. The van der Waals surface area contributed by atoms with E-state index in [1.54, 1.807) is 6.07 Å². The van der Waals surface area contributed by atoms with Crippen molar-refractivity contribution in [2.45, 2.75) is 58.2 Å². The lowest BCUT2D eigenvalue weighted by atomic mass is 9.94. The molecule has 0 radical (unpaired) electrons. The lowest BCUT2D eigenvalue weighted by molar-refractivity contribution is 0.0945. The van der Waals surface area contributed by atoms with Crippen LogP contribution in [0.25, 0.3) is 0 Å². The largest absolute Gasteiger partial charge is 0.357 e. The molecule has 0 spiro atoms. The molecule has 1 heterocycles. The van der Waals surface area contributed by atoms with E-state index in [1.807, 2.05) is 25.1 Å². The Morgan fingerprint density at radius 2 is 2.14 bits per heavy atom. The number of hydrogen-bond acceptors (Lipinski definition) is 2. The Bertz CT molecular complexity index is 494. The minimum absolute atomic E-state index is 0.0122. The van der Waals surface area contributed by atoms with Crippen molar-refractivity contribution in [3.63, 3.8) is 0 Å². The lowest BCUT2D eigenvalue weighted by Crippen LogP contribution is -2.41. The molecule has 21 heavy (non-hydrogen) atoms. The minimum atomic E-state index is -0.325. The topological polar surface area (TPSA) is 21.3 Å². The summed E-state index contributed by atoms with van der Waals surface area (Å²) in [5.74, 6) is -0.173. The first-order valence-electron chi connectivity index (χ1n) is 7.93. The van der Waals surface area contributed by atoms with E-state index in [-0.39, 0.29) is 17.6 Å². The average molecular weight is 291 g/mol. The van der Waals surface area contributed by atoms with Crippen LogP contribution in [-0.2, 0) is 11.2 Å². The normalized spacial score (nSPS) is 21.2. The highest BCUT2D eigenvalue weighted by Gasteiger charge is 2.37. The van der Waals surface area contributed by atoms with Gasteiger partial charge in [-0.1, -0.05) is 38.1 Å². The summed E-state index contributed by atoms with van der Waals surface area (Å²) in [5, 5.41) is 3.46. The Kier molecular flexibility index (Phi) is 5.54. The highest BCUT2D eigenvalue weighted by atomic mass is 19.1. The highest BCUT2D eigenvalue weighted by Crippen LogP contribution is 2.32. The smallest absolute Gasteiger partial charge is 0.137 e. The summed E-state index contributed by atoms with van der Waals surface area (Å²) in [6.07, 6.45) is 7.60. The zero-order valence-corrected chi connectivity index (χ0v) is 13.3. The molecule has 1 aliphatic heterocycles. The van der Waals surface area contributed by atoms with Crippen molar-refractivity contribution >= 4 is 0 Å². The Morgan fingerprint density at radius 3 is 2.71 bits per heavy atom. The summed E-state index contributed by atoms with van der Waals surface area (Å²) >= 11 is 0. The van der Waals surface area contributed by atoms with Gasteiger partial charge in [-0.25, -0.2) is 4.39 Å². The van der Waals surface area contributed by atoms with E-state index in [0.29, 0.717) is 12.2 Å². The Morgan fingerprint density at radius 1 is 1.38 bits per heavy atom. The lowest BCUT2D eigenvalue weighted by Gasteiger charge is -2.25. The van der Waals surface area contributed by atoms with Gasteiger partial charge in [0.15, 0.2) is 0 Å². The number of rotatable bonds is 6. The summed E-state index contributed by atoms with van der Waals surface area (Å²) in [5.41, 5.74) is 1.64. The zero-order chi connectivity index (χ0) is 15.3. The molecule has 0 aromatic heterocycles. The molecule has 1 N–H and O–H groups in total. The van der Waals surface area contributed by atoms with E-state index in [1.165, 1.54) is 0 Å². The van der Waals surface area contributed by atoms with Crippen LogP contribution in [0, 0.1) is 5.82 Å². The fourth-order valence-electron chi connectivity index (χ4n) is 2.79. The number of hydrogen-bond donors (Lipinski definition) is 1. The Hall–Kier alpha value is -1.19. The third kappa shape index (κ3) is 3.72. The first-order valence-corrected chi connectivity index (χ1v) is 7.93. The molecule has 1 atom stereocenters. The standard InChI is InChI=1S/C18H26FNO/c1-4-7-8-9-14-10-11-15(16(19)12-14)17-20-18(5-2,6-3)13-21-17/h4,7,10-12,17,20H,5-6,8-9,13H2,1-3H3/b7-4+. The Labute approximate surface area is 127 Å². The molecule has 0 bridgehead atoms. The van der Waals surface area contributed by atoms with Crippen LogP contribution in [0.2, 0.25) is 0 Å². The number of allylic oxidation sites excluding steroid dienone is 2. The van der Waals surface area contributed by atoms with Crippen molar-refractivity contribution in [2.75, 3.05) is 6.61 Å². The van der Waals surface area contributed by atoms with Crippen molar-refractivity contribution in [3.05, 3.63) is 47.3 Å². The minimum Gasteiger partial charge on any atom is -0.357 e. The van der Waals surface area contributed by atoms with E-state index < -0.39 is 0 Å². The summed E-state index contributed by atoms with van der Waals surface area (Å²) in [7, 11) is 0. The third-order valence-electron chi connectivity index (χ3n) is 4.50. The van der Waals surface area contributed by atoms with Gasteiger partial charge in [0, 0.05) is 11.1 Å². The molecule has 3 heteroatoms. The molecular formula is C18H26FNO. The summed E-state index contributed by atoms with van der Waals surface area (Å²) < 4.78 is 20.1.